The number of rotatable bonds is 9. The predicted molar refractivity (Wildman–Crippen MR) is 69.5 cm³/mol. The van der Waals surface area contributed by atoms with Crippen molar-refractivity contribution in [1.82, 2.24) is 5.01 Å². The van der Waals surface area contributed by atoms with Crippen LogP contribution >= 0.6 is 0 Å². The lowest BCUT2D eigenvalue weighted by molar-refractivity contribution is 0.154. The summed E-state index contributed by atoms with van der Waals surface area (Å²) in [6.45, 7) is 6.85. The zero-order chi connectivity index (χ0) is 14.0. The minimum atomic E-state index is -2.59. The van der Waals surface area contributed by atoms with E-state index in [1.165, 1.54) is 0 Å². The third-order valence-corrected chi connectivity index (χ3v) is 4.57. The maximum absolute atomic E-state index is 11.1. The molecule has 0 spiro atoms. The molecule has 104 valence electrons. The van der Waals surface area contributed by atoms with E-state index in [0.717, 1.165) is 17.9 Å². The van der Waals surface area contributed by atoms with Crippen LogP contribution in [0.15, 0.2) is 5.22 Å². The van der Waals surface area contributed by atoms with Gasteiger partial charge in [-0.15, -0.1) is 5.53 Å². The molecule has 2 amide bonds. The van der Waals surface area contributed by atoms with E-state index >= 15 is 0 Å². The number of carbonyl (C=O) groups is 1. The second kappa shape index (κ2) is 8.76. The highest BCUT2D eigenvalue weighted by atomic mass is 28.4. The number of hydrogen-bond donors (Lipinski definition) is 1. The lowest BCUT2D eigenvalue weighted by Gasteiger charge is -2.27. The Morgan fingerprint density at radius 1 is 1.39 bits per heavy atom. The van der Waals surface area contributed by atoms with E-state index in [0.29, 0.717) is 13.2 Å². The molecule has 0 aromatic rings. The fraction of sp³-hybridized carbons (Fsp3) is 0.889. The summed E-state index contributed by atoms with van der Waals surface area (Å²) >= 11 is 0. The molecule has 0 atom stereocenters. The Morgan fingerprint density at radius 3 is 2.22 bits per heavy atom. The van der Waals surface area contributed by atoms with Crippen LogP contribution in [0.2, 0.25) is 6.55 Å². The molecule has 2 N–H and O–H groups in total. The van der Waals surface area contributed by atoms with Gasteiger partial charge in [0.05, 0.1) is 0 Å². The Balaban J connectivity index is 4.71. The van der Waals surface area contributed by atoms with Gasteiger partial charge in [0.25, 0.3) is 0 Å². The summed E-state index contributed by atoms with van der Waals surface area (Å²) in [5.74, 6) is 0. The van der Waals surface area contributed by atoms with Crippen LogP contribution in [0.25, 0.3) is 10.4 Å². The molecule has 0 aromatic heterocycles. The smallest absolute Gasteiger partial charge is 0.392 e. The van der Waals surface area contributed by atoms with Gasteiger partial charge in [0.2, 0.25) is 0 Å². The average Bonchev–Trinajstić information content (AvgIpc) is 2.33. The van der Waals surface area contributed by atoms with E-state index in [2.05, 4.69) is 10.1 Å². The fourth-order valence-corrected chi connectivity index (χ4v) is 3.54. The molecule has 0 saturated carbocycles. The van der Waals surface area contributed by atoms with Crippen LogP contribution in [-0.4, -0.2) is 39.0 Å². The lowest BCUT2D eigenvalue weighted by atomic mass is 10.5. The predicted octanol–water partition coefficient (Wildman–Crippen LogP) is 2.06. The summed E-state index contributed by atoms with van der Waals surface area (Å²) in [6, 6.07) is -0.813. The summed E-state index contributed by atoms with van der Waals surface area (Å²) in [5, 5.41) is 4.08. The van der Waals surface area contributed by atoms with Gasteiger partial charge in [-0.3, -0.25) is 0 Å². The zero-order valence-electron chi connectivity index (χ0n) is 11.1. The van der Waals surface area contributed by atoms with Gasteiger partial charge in [0.1, 0.15) is 6.17 Å². The number of urea groups is 1. The summed E-state index contributed by atoms with van der Waals surface area (Å²) in [6.07, 6.45) is 1.78. The largest absolute Gasteiger partial charge is 0.409 e. The standard InChI is InChI=1S/C9H21N5O3Si/c1-4-6-16-18(3,17-7-5-2)8-14(9(10)15)13-12-11/h4-8H2,1-3H3,(H2,10,15). The van der Waals surface area contributed by atoms with Crippen molar-refractivity contribution in [3.63, 3.8) is 0 Å². The van der Waals surface area contributed by atoms with Crippen molar-refractivity contribution in [3.05, 3.63) is 10.4 Å². The van der Waals surface area contributed by atoms with Gasteiger partial charge in [0, 0.05) is 13.2 Å². The van der Waals surface area contributed by atoms with Crippen molar-refractivity contribution in [2.24, 2.45) is 11.0 Å². The second-order valence-electron chi connectivity index (χ2n) is 3.91. The Morgan fingerprint density at radius 2 is 1.89 bits per heavy atom. The molecule has 0 rings (SSSR count). The molecule has 0 aromatic carbocycles. The summed E-state index contributed by atoms with van der Waals surface area (Å²) in [7, 11) is -2.59. The number of amides is 2. The Hall–Kier alpha value is -1.28. The maximum atomic E-state index is 11.1. The minimum Gasteiger partial charge on any atom is -0.392 e. The molecule has 0 unspecified atom stereocenters. The summed E-state index contributed by atoms with van der Waals surface area (Å²) < 4.78 is 11.4. The van der Waals surface area contributed by atoms with Crippen LogP contribution in [0.5, 0.6) is 0 Å². The molecule has 18 heavy (non-hydrogen) atoms. The molecular formula is C9H21N5O3Si. The first kappa shape index (κ1) is 16.7. The topological polar surface area (TPSA) is 114 Å². The van der Waals surface area contributed by atoms with E-state index in [-0.39, 0.29) is 6.17 Å². The number of carbonyl (C=O) groups excluding carboxylic acids is 1. The van der Waals surface area contributed by atoms with Crippen LogP contribution in [0.1, 0.15) is 26.7 Å². The van der Waals surface area contributed by atoms with Crippen molar-refractivity contribution >= 4 is 14.6 Å². The monoisotopic (exact) mass is 275 g/mol. The van der Waals surface area contributed by atoms with Gasteiger partial charge in [0.15, 0.2) is 0 Å². The Labute approximate surface area is 108 Å². The SMILES string of the molecule is CCCO[Si](C)(CN(N=[N+]=[N-])C(N)=O)OCCC. The van der Waals surface area contributed by atoms with E-state index < -0.39 is 14.6 Å². The van der Waals surface area contributed by atoms with Crippen LogP contribution in [-0.2, 0) is 8.85 Å². The molecule has 9 heteroatoms. The van der Waals surface area contributed by atoms with Crippen LogP contribution < -0.4 is 5.73 Å². The summed E-state index contributed by atoms with van der Waals surface area (Å²) in [5.41, 5.74) is 13.5. The van der Waals surface area contributed by atoms with Crippen molar-refractivity contribution in [2.75, 3.05) is 19.4 Å². The highest BCUT2D eigenvalue weighted by Crippen LogP contribution is 2.11. The van der Waals surface area contributed by atoms with Crippen LogP contribution in [0.4, 0.5) is 4.79 Å². The first-order chi connectivity index (χ1) is 8.49. The normalized spacial score (nSPS) is 10.8. The minimum absolute atomic E-state index is 0.0897. The number of nitrogens with two attached hydrogens (primary N) is 1. The van der Waals surface area contributed by atoms with E-state index in [4.69, 9.17) is 20.1 Å². The number of nitrogens with zero attached hydrogens (tertiary/aromatic N) is 4. The quantitative estimate of drug-likeness (QED) is 0.228. The van der Waals surface area contributed by atoms with Gasteiger partial charge >= 0.3 is 14.6 Å². The number of azide groups is 1. The number of primary amides is 1. The molecule has 0 fully saturated rings. The van der Waals surface area contributed by atoms with Gasteiger partial charge in [-0.25, -0.2) is 4.79 Å². The second-order valence-corrected chi connectivity index (χ2v) is 7.07. The van der Waals surface area contributed by atoms with Crippen LogP contribution in [0.3, 0.4) is 0 Å². The molecule has 0 bridgehead atoms. The zero-order valence-corrected chi connectivity index (χ0v) is 12.1. The van der Waals surface area contributed by atoms with Crippen molar-refractivity contribution < 1.29 is 13.6 Å². The molecule has 0 heterocycles. The van der Waals surface area contributed by atoms with Crippen molar-refractivity contribution in [1.29, 1.82) is 0 Å². The van der Waals surface area contributed by atoms with E-state index in [1.54, 1.807) is 0 Å². The number of hydrogen-bond acceptors (Lipinski definition) is 4. The van der Waals surface area contributed by atoms with E-state index in [1.807, 2.05) is 20.4 Å². The molecule has 0 aliphatic rings. The maximum Gasteiger partial charge on any atom is 0.409 e. The van der Waals surface area contributed by atoms with Crippen molar-refractivity contribution in [3.8, 4) is 0 Å². The van der Waals surface area contributed by atoms with Gasteiger partial charge in [-0.05, 0) is 24.6 Å². The molecule has 0 saturated heterocycles. The first-order valence-electron chi connectivity index (χ1n) is 5.89. The molecule has 0 aliphatic heterocycles. The Bertz CT molecular complexity index is 299. The third kappa shape index (κ3) is 6.45. The highest BCUT2D eigenvalue weighted by molar-refractivity contribution is 6.66. The molecule has 8 nitrogen and oxygen atoms in total. The first-order valence-corrected chi connectivity index (χ1v) is 8.41. The van der Waals surface area contributed by atoms with E-state index in [9.17, 15) is 4.79 Å². The fourth-order valence-electron chi connectivity index (χ4n) is 1.24. The van der Waals surface area contributed by atoms with Gasteiger partial charge in [-0.1, -0.05) is 13.8 Å². The lowest BCUT2D eigenvalue weighted by Crippen LogP contribution is -2.51. The Kier molecular flexibility index (Phi) is 8.13. The molecular weight excluding hydrogens is 254 g/mol. The molecule has 0 aliphatic carbocycles. The van der Waals surface area contributed by atoms with Gasteiger partial charge in [-0.2, -0.15) is 9.92 Å². The average molecular weight is 275 g/mol. The molecule has 0 radical (unpaired) electrons. The summed E-state index contributed by atoms with van der Waals surface area (Å²) in [4.78, 5) is 13.7. The van der Waals surface area contributed by atoms with Crippen molar-refractivity contribution in [2.45, 2.75) is 33.2 Å². The third-order valence-electron chi connectivity index (χ3n) is 2.06. The highest BCUT2D eigenvalue weighted by Gasteiger charge is 2.38. The van der Waals surface area contributed by atoms with Gasteiger partial charge < -0.3 is 14.6 Å². The van der Waals surface area contributed by atoms with Crippen LogP contribution in [0, 0.1) is 0 Å².